The lowest BCUT2D eigenvalue weighted by molar-refractivity contribution is -0.122. The molecule has 1 atom stereocenters. The second-order valence-electron chi connectivity index (χ2n) is 6.78. The maximum absolute atomic E-state index is 12.3. The summed E-state index contributed by atoms with van der Waals surface area (Å²) in [5, 5.41) is 2.95. The standard InChI is InChI=1S/C21H29N3O3/c1-3-26-17-8-10-18(11-9-17)27-15-12-22-21(25)16-24-14-5-7-20(24)19-6-4-13-23(19)2/h4,6,8-11,13,20H,3,5,7,12,14-16H2,1-2H3,(H,22,25)/t20-/m1/s1. The van der Waals surface area contributed by atoms with Gasteiger partial charge in [-0.25, -0.2) is 0 Å². The van der Waals surface area contributed by atoms with E-state index < -0.39 is 0 Å². The van der Waals surface area contributed by atoms with Gasteiger partial charge in [-0.05, 0) is 62.7 Å². The van der Waals surface area contributed by atoms with E-state index in [9.17, 15) is 4.79 Å². The molecule has 0 aliphatic carbocycles. The number of aryl methyl sites for hydroxylation is 1. The van der Waals surface area contributed by atoms with Crippen molar-refractivity contribution < 1.29 is 14.3 Å². The minimum absolute atomic E-state index is 0.0476. The van der Waals surface area contributed by atoms with Gasteiger partial charge in [-0.15, -0.1) is 0 Å². The first kappa shape index (κ1) is 19.3. The van der Waals surface area contributed by atoms with Crippen molar-refractivity contribution in [3.05, 3.63) is 48.3 Å². The second kappa shape index (κ2) is 9.46. The number of aromatic nitrogens is 1. The zero-order valence-corrected chi connectivity index (χ0v) is 16.2. The van der Waals surface area contributed by atoms with Gasteiger partial charge in [0.15, 0.2) is 0 Å². The molecule has 0 saturated carbocycles. The number of hydrogen-bond donors (Lipinski definition) is 1. The van der Waals surface area contributed by atoms with E-state index in [1.165, 1.54) is 5.69 Å². The van der Waals surface area contributed by atoms with Crippen LogP contribution >= 0.6 is 0 Å². The highest BCUT2D eigenvalue weighted by atomic mass is 16.5. The minimum Gasteiger partial charge on any atom is -0.494 e. The van der Waals surface area contributed by atoms with Crippen LogP contribution in [0.4, 0.5) is 0 Å². The number of carbonyl (C=O) groups excluding carboxylic acids is 1. The number of rotatable bonds is 9. The van der Waals surface area contributed by atoms with E-state index in [1.807, 2.05) is 31.2 Å². The van der Waals surface area contributed by atoms with Crippen molar-refractivity contribution >= 4 is 5.91 Å². The van der Waals surface area contributed by atoms with Crippen LogP contribution in [0.3, 0.4) is 0 Å². The third kappa shape index (κ3) is 5.26. The van der Waals surface area contributed by atoms with Crippen LogP contribution in [0.5, 0.6) is 11.5 Å². The molecule has 2 heterocycles. The van der Waals surface area contributed by atoms with Crippen molar-refractivity contribution in [2.45, 2.75) is 25.8 Å². The molecule has 1 fully saturated rings. The van der Waals surface area contributed by atoms with Gasteiger partial charge < -0.3 is 19.4 Å². The summed E-state index contributed by atoms with van der Waals surface area (Å²) in [6.45, 7) is 4.94. The maximum atomic E-state index is 12.3. The van der Waals surface area contributed by atoms with Crippen LogP contribution in [0.2, 0.25) is 0 Å². The normalized spacial score (nSPS) is 17.0. The zero-order valence-electron chi connectivity index (χ0n) is 16.2. The molecule has 1 saturated heterocycles. The van der Waals surface area contributed by atoms with Crippen molar-refractivity contribution in [3.63, 3.8) is 0 Å². The molecule has 1 aliphatic heterocycles. The lowest BCUT2D eigenvalue weighted by Gasteiger charge is -2.24. The number of benzene rings is 1. The number of likely N-dealkylation sites (tertiary alicyclic amines) is 1. The third-order valence-electron chi connectivity index (χ3n) is 4.86. The molecule has 1 amide bonds. The van der Waals surface area contributed by atoms with Crippen molar-refractivity contribution in [3.8, 4) is 11.5 Å². The average molecular weight is 371 g/mol. The Hall–Kier alpha value is -2.47. The molecule has 1 N–H and O–H groups in total. The van der Waals surface area contributed by atoms with Crippen molar-refractivity contribution in [1.82, 2.24) is 14.8 Å². The van der Waals surface area contributed by atoms with Crippen molar-refractivity contribution in [1.29, 1.82) is 0 Å². The van der Waals surface area contributed by atoms with Crippen LogP contribution in [0.15, 0.2) is 42.6 Å². The quantitative estimate of drug-likeness (QED) is 0.689. The van der Waals surface area contributed by atoms with Crippen LogP contribution in [0, 0.1) is 0 Å². The molecule has 1 aromatic heterocycles. The Morgan fingerprint density at radius 1 is 1.19 bits per heavy atom. The molecular weight excluding hydrogens is 342 g/mol. The maximum Gasteiger partial charge on any atom is 0.234 e. The van der Waals surface area contributed by atoms with Crippen LogP contribution in [0.1, 0.15) is 31.5 Å². The number of carbonyl (C=O) groups is 1. The van der Waals surface area contributed by atoms with Crippen molar-refractivity contribution in [2.75, 3.05) is 32.8 Å². The fourth-order valence-corrected chi connectivity index (χ4v) is 3.57. The fraction of sp³-hybridized carbons (Fsp3) is 0.476. The van der Waals surface area contributed by atoms with Gasteiger partial charge in [0.1, 0.15) is 18.1 Å². The minimum atomic E-state index is 0.0476. The topological polar surface area (TPSA) is 55.7 Å². The molecular formula is C21H29N3O3. The highest BCUT2D eigenvalue weighted by Crippen LogP contribution is 2.31. The smallest absolute Gasteiger partial charge is 0.234 e. The van der Waals surface area contributed by atoms with Crippen LogP contribution < -0.4 is 14.8 Å². The van der Waals surface area contributed by atoms with Gasteiger partial charge in [0.25, 0.3) is 0 Å². The summed E-state index contributed by atoms with van der Waals surface area (Å²) < 4.78 is 13.2. The van der Waals surface area contributed by atoms with Crippen LogP contribution in [-0.4, -0.2) is 48.2 Å². The molecule has 3 rings (SSSR count). The summed E-state index contributed by atoms with van der Waals surface area (Å²) in [6, 6.07) is 12.1. The van der Waals surface area contributed by atoms with E-state index in [-0.39, 0.29) is 5.91 Å². The second-order valence-corrected chi connectivity index (χ2v) is 6.78. The third-order valence-corrected chi connectivity index (χ3v) is 4.86. The molecule has 0 radical (unpaired) electrons. The summed E-state index contributed by atoms with van der Waals surface area (Å²) in [5.74, 6) is 1.65. The van der Waals surface area contributed by atoms with Crippen molar-refractivity contribution in [2.24, 2.45) is 7.05 Å². The summed E-state index contributed by atoms with van der Waals surface area (Å²) in [5.41, 5.74) is 1.28. The Morgan fingerprint density at radius 3 is 2.59 bits per heavy atom. The Bertz CT molecular complexity index is 727. The van der Waals surface area contributed by atoms with Gasteiger partial charge in [-0.2, -0.15) is 0 Å². The molecule has 1 aromatic carbocycles. The van der Waals surface area contributed by atoms with E-state index in [1.54, 1.807) is 0 Å². The summed E-state index contributed by atoms with van der Waals surface area (Å²) in [6.07, 6.45) is 4.29. The van der Waals surface area contributed by atoms with E-state index in [4.69, 9.17) is 9.47 Å². The highest BCUT2D eigenvalue weighted by molar-refractivity contribution is 5.78. The number of nitrogens with zero attached hydrogens (tertiary/aromatic N) is 2. The van der Waals surface area contributed by atoms with Gasteiger partial charge in [-0.3, -0.25) is 9.69 Å². The molecule has 1 aliphatic rings. The van der Waals surface area contributed by atoms with Crippen LogP contribution in [-0.2, 0) is 11.8 Å². The first-order valence-electron chi connectivity index (χ1n) is 9.65. The molecule has 2 aromatic rings. The SMILES string of the molecule is CCOc1ccc(OCCNC(=O)CN2CCC[C@@H]2c2cccn2C)cc1. The van der Waals surface area contributed by atoms with Gasteiger partial charge in [0, 0.05) is 18.9 Å². The van der Waals surface area contributed by atoms with E-state index in [2.05, 4.69) is 40.2 Å². The molecule has 6 nitrogen and oxygen atoms in total. The molecule has 6 heteroatoms. The molecule has 27 heavy (non-hydrogen) atoms. The molecule has 0 unspecified atom stereocenters. The summed E-state index contributed by atoms with van der Waals surface area (Å²) in [4.78, 5) is 14.6. The van der Waals surface area contributed by atoms with E-state index >= 15 is 0 Å². The summed E-state index contributed by atoms with van der Waals surface area (Å²) in [7, 11) is 2.06. The monoisotopic (exact) mass is 371 g/mol. The average Bonchev–Trinajstić information content (AvgIpc) is 3.28. The number of nitrogens with one attached hydrogen (secondary N) is 1. The first-order chi connectivity index (χ1) is 13.2. The zero-order chi connectivity index (χ0) is 19.1. The molecule has 0 spiro atoms. The number of amides is 1. The Morgan fingerprint density at radius 2 is 1.93 bits per heavy atom. The lowest BCUT2D eigenvalue weighted by atomic mass is 10.1. The molecule has 146 valence electrons. The van der Waals surface area contributed by atoms with E-state index in [0.717, 1.165) is 30.9 Å². The summed E-state index contributed by atoms with van der Waals surface area (Å²) >= 11 is 0. The number of ether oxygens (including phenoxy) is 2. The first-order valence-corrected chi connectivity index (χ1v) is 9.65. The highest BCUT2D eigenvalue weighted by Gasteiger charge is 2.28. The fourth-order valence-electron chi connectivity index (χ4n) is 3.57. The Kier molecular flexibility index (Phi) is 6.76. The van der Waals surface area contributed by atoms with Crippen LogP contribution in [0.25, 0.3) is 0 Å². The molecule has 0 bridgehead atoms. The largest absolute Gasteiger partial charge is 0.494 e. The Labute approximate surface area is 161 Å². The number of hydrogen-bond acceptors (Lipinski definition) is 4. The Balaban J connectivity index is 1.39. The van der Waals surface area contributed by atoms with Gasteiger partial charge >= 0.3 is 0 Å². The lowest BCUT2D eigenvalue weighted by Crippen LogP contribution is -2.38. The van der Waals surface area contributed by atoms with E-state index in [0.29, 0.717) is 32.3 Å². The predicted octanol–water partition coefficient (Wildman–Crippen LogP) is 2.76. The van der Waals surface area contributed by atoms with Gasteiger partial charge in [-0.1, -0.05) is 0 Å². The van der Waals surface area contributed by atoms with Gasteiger partial charge in [0.2, 0.25) is 5.91 Å². The predicted molar refractivity (Wildman–Crippen MR) is 105 cm³/mol. The van der Waals surface area contributed by atoms with Gasteiger partial charge in [0.05, 0.1) is 25.7 Å².